The number of nitriles is 1. The Labute approximate surface area is 85.9 Å². The number of ketones is 1. The first-order valence-electron chi connectivity index (χ1n) is 4.79. The molecule has 1 aliphatic carbocycles. The van der Waals surface area contributed by atoms with Crippen molar-refractivity contribution in [2.24, 2.45) is 5.41 Å². The second-order valence-electron chi connectivity index (χ2n) is 3.28. The van der Waals surface area contributed by atoms with Crippen molar-refractivity contribution in [2.75, 3.05) is 0 Å². The van der Waals surface area contributed by atoms with Gasteiger partial charge in [-0.2, -0.15) is 5.26 Å². The zero-order chi connectivity index (χ0) is 11.0. The van der Waals surface area contributed by atoms with Crippen LogP contribution < -0.4 is 0 Å². The van der Waals surface area contributed by atoms with Crippen molar-refractivity contribution in [1.29, 1.82) is 5.26 Å². The minimum Gasteiger partial charge on any atom is -0.299 e. The third-order valence-electron chi connectivity index (χ3n) is 2.48. The molecule has 0 N–H and O–H groups in total. The number of carbonyl (C=O) groups excluding carboxylic acids is 1. The summed E-state index contributed by atoms with van der Waals surface area (Å²) in [6.45, 7) is 5.16. The van der Waals surface area contributed by atoms with E-state index in [1.165, 1.54) is 6.92 Å². The van der Waals surface area contributed by atoms with E-state index in [1.54, 1.807) is 13.0 Å². The average molecular weight is 191 g/mol. The van der Waals surface area contributed by atoms with Gasteiger partial charge in [0.2, 0.25) is 0 Å². The first-order valence-corrected chi connectivity index (χ1v) is 4.79. The molecular formula is C12H17NO. The Hall–Kier alpha value is -1.36. The molecule has 0 aromatic rings. The molecule has 0 saturated heterocycles. The molecule has 0 radical (unpaired) electrons. The predicted molar refractivity (Wildman–Crippen MR) is 57.6 cm³/mol. The Morgan fingerprint density at radius 2 is 2.14 bits per heavy atom. The number of hydrogen-bond acceptors (Lipinski definition) is 2. The van der Waals surface area contributed by atoms with E-state index in [4.69, 9.17) is 5.26 Å². The first kappa shape index (κ1) is 12.6. The third-order valence-corrected chi connectivity index (χ3v) is 2.48. The van der Waals surface area contributed by atoms with Crippen LogP contribution in [0.3, 0.4) is 0 Å². The van der Waals surface area contributed by atoms with Crippen LogP contribution >= 0.6 is 0 Å². The van der Waals surface area contributed by atoms with Gasteiger partial charge in [-0.25, -0.2) is 0 Å². The van der Waals surface area contributed by atoms with Gasteiger partial charge in [0.05, 0.1) is 11.5 Å². The Morgan fingerprint density at radius 3 is 2.36 bits per heavy atom. The van der Waals surface area contributed by atoms with Gasteiger partial charge >= 0.3 is 0 Å². The van der Waals surface area contributed by atoms with Crippen LogP contribution in [0.4, 0.5) is 0 Å². The molecule has 14 heavy (non-hydrogen) atoms. The minimum atomic E-state index is -0.186. The SMILES string of the molecule is CC#N.CCC1(C(C)=O)C=CC=CC1. The van der Waals surface area contributed by atoms with Crippen LogP contribution in [0.15, 0.2) is 24.3 Å². The molecule has 76 valence electrons. The molecule has 0 aliphatic heterocycles. The number of rotatable bonds is 2. The van der Waals surface area contributed by atoms with Crippen LogP contribution in [0.25, 0.3) is 0 Å². The van der Waals surface area contributed by atoms with Gasteiger partial charge in [0.1, 0.15) is 5.78 Å². The van der Waals surface area contributed by atoms with Crippen LogP contribution in [0.1, 0.15) is 33.6 Å². The van der Waals surface area contributed by atoms with Crippen LogP contribution in [-0.2, 0) is 4.79 Å². The van der Waals surface area contributed by atoms with Crippen molar-refractivity contribution < 1.29 is 4.79 Å². The summed E-state index contributed by atoms with van der Waals surface area (Å²) < 4.78 is 0. The van der Waals surface area contributed by atoms with E-state index in [1.807, 2.05) is 18.2 Å². The van der Waals surface area contributed by atoms with Crippen molar-refractivity contribution in [3.8, 4) is 6.07 Å². The normalized spacial score (nSPS) is 23.3. The quantitative estimate of drug-likeness (QED) is 0.673. The van der Waals surface area contributed by atoms with Gasteiger partial charge in [0, 0.05) is 6.92 Å². The standard InChI is InChI=1S/C10H14O.C2H3N/c1-3-10(9(2)11)7-5-4-6-8-10;1-2-3/h4-7H,3,8H2,1-2H3;1H3. The highest BCUT2D eigenvalue weighted by molar-refractivity contribution is 5.84. The Bertz CT molecular complexity index is 283. The molecule has 0 bridgehead atoms. The molecular weight excluding hydrogens is 174 g/mol. The van der Waals surface area contributed by atoms with Crippen LogP contribution in [-0.4, -0.2) is 5.78 Å². The lowest BCUT2D eigenvalue weighted by atomic mass is 9.76. The highest BCUT2D eigenvalue weighted by Crippen LogP contribution is 2.32. The van der Waals surface area contributed by atoms with Crippen LogP contribution in [0, 0.1) is 16.7 Å². The highest BCUT2D eigenvalue weighted by atomic mass is 16.1. The van der Waals surface area contributed by atoms with Gasteiger partial charge in [-0.3, -0.25) is 4.79 Å². The number of allylic oxidation sites excluding steroid dienone is 4. The molecule has 1 unspecified atom stereocenters. The van der Waals surface area contributed by atoms with Crippen LogP contribution in [0.5, 0.6) is 0 Å². The van der Waals surface area contributed by atoms with E-state index in [9.17, 15) is 4.79 Å². The Kier molecular flexibility index (Phi) is 5.55. The fourth-order valence-corrected chi connectivity index (χ4v) is 1.44. The second-order valence-corrected chi connectivity index (χ2v) is 3.28. The van der Waals surface area contributed by atoms with E-state index in [-0.39, 0.29) is 11.2 Å². The first-order chi connectivity index (χ1) is 6.63. The molecule has 2 nitrogen and oxygen atoms in total. The monoisotopic (exact) mass is 191 g/mol. The molecule has 1 aliphatic rings. The molecule has 0 heterocycles. The number of carbonyl (C=O) groups is 1. The third kappa shape index (κ3) is 3.18. The molecule has 0 aromatic carbocycles. The van der Waals surface area contributed by atoms with E-state index < -0.39 is 0 Å². The Balaban J connectivity index is 0.000000500. The summed E-state index contributed by atoms with van der Waals surface area (Å²) in [6.07, 6.45) is 9.82. The topological polar surface area (TPSA) is 40.9 Å². The molecule has 1 atom stereocenters. The summed E-state index contributed by atoms with van der Waals surface area (Å²) in [5.74, 6) is 0.278. The summed E-state index contributed by atoms with van der Waals surface area (Å²) >= 11 is 0. The number of hydrogen-bond donors (Lipinski definition) is 0. The summed E-state index contributed by atoms with van der Waals surface area (Å²) in [4.78, 5) is 11.3. The summed E-state index contributed by atoms with van der Waals surface area (Å²) in [5.41, 5.74) is -0.186. The van der Waals surface area contributed by atoms with Gasteiger partial charge in [-0.15, -0.1) is 0 Å². The number of nitrogens with zero attached hydrogens (tertiary/aromatic N) is 1. The van der Waals surface area contributed by atoms with Crippen molar-refractivity contribution >= 4 is 5.78 Å². The molecule has 0 fully saturated rings. The van der Waals surface area contributed by atoms with E-state index in [2.05, 4.69) is 13.0 Å². The maximum absolute atomic E-state index is 11.3. The van der Waals surface area contributed by atoms with Crippen molar-refractivity contribution in [3.05, 3.63) is 24.3 Å². The smallest absolute Gasteiger partial charge is 0.140 e. The largest absolute Gasteiger partial charge is 0.299 e. The number of Topliss-reactive ketones (excluding diaryl/α,β-unsaturated/α-hetero) is 1. The lowest BCUT2D eigenvalue weighted by molar-refractivity contribution is -0.124. The summed E-state index contributed by atoms with van der Waals surface area (Å²) in [5, 5.41) is 7.32. The van der Waals surface area contributed by atoms with Crippen LogP contribution in [0.2, 0.25) is 0 Å². The summed E-state index contributed by atoms with van der Waals surface area (Å²) in [6, 6.07) is 1.75. The Morgan fingerprint density at radius 1 is 1.57 bits per heavy atom. The molecule has 1 rings (SSSR count). The van der Waals surface area contributed by atoms with Gasteiger partial charge in [-0.05, 0) is 19.8 Å². The fourth-order valence-electron chi connectivity index (χ4n) is 1.44. The lowest BCUT2D eigenvalue weighted by Gasteiger charge is -2.26. The van der Waals surface area contributed by atoms with Gasteiger partial charge < -0.3 is 0 Å². The minimum absolute atomic E-state index is 0.186. The lowest BCUT2D eigenvalue weighted by Crippen LogP contribution is -2.26. The zero-order valence-electron chi connectivity index (χ0n) is 9.08. The second kappa shape index (κ2) is 6.15. The van der Waals surface area contributed by atoms with E-state index >= 15 is 0 Å². The maximum Gasteiger partial charge on any atom is 0.140 e. The fraction of sp³-hybridized carbons (Fsp3) is 0.500. The molecule has 0 spiro atoms. The van der Waals surface area contributed by atoms with Gasteiger partial charge in [0.25, 0.3) is 0 Å². The highest BCUT2D eigenvalue weighted by Gasteiger charge is 2.29. The van der Waals surface area contributed by atoms with Crippen molar-refractivity contribution in [2.45, 2.75) is 33.6 Å². The van der Waals surface area contributed by atoms with E-state index in [0.29, 0.717) is 0 Å². The van der Waals surface area contributed by atoms with Gasteiger partial charge in [0.15, 0.2) is 0 Å². The maximum atomic E-state index is 11.3. The average Bonchev–Trinajstić information content (AvgIpc) is 2.20. The summed E-state index contributed by atoms with van der Waals surface area (Å²) in [7, 11) is 0. The van der Waals surface area contributed by atoms with Crippen molar-refractivity contribution in [3.63, 3.8) is 0 Å². The van der Waals surface area contributed by atoms with E-state index in [0.717, 1.165) is 12.8 Å². The van der Waals surface area contributed by atoms with Crippen molar-refractivity contribution in [1.82, 2.24) is 0 Å². The predicted octanol–water partition coefficient (Wildman–Crippen LogP) is 3.02. The molecule has 0 saturated carbocycles. The molecule has 0 aromatic heterocycles. The molecule has 0 amide bonds. The molecule has 2 heteroatoms. The van der Waals surface area contributed by atoms with Gasteiger partial charge in [-0.1, -0.05) is 31.2 Å². The zero-order valence-corrected chi connectivity index (χ0v) is 9.08.